The van der Waals surface area contributed by atoms with Crippen LogP contribution in [0.3, 0.4) is 0 Å². The van der Waals surface area contributed by atoms with Crippen LogP contribution in [0.4, 0.5) is 13.9 Å². The van der Waals surface area contributed by atoms with Gasteiger partial charge in [0, 0.05) is 6.42 Å². The van der Waals surface area contributed by atoms with Crippen molar-refractivity contribution in [1.82, 2.24) is 4.98 Å². The maximum atomic E-state index is 13.6. The fraction of sp³-hybridized carbons (Fsp3) is 0.312. The first-order valence-electron chi connectivity index (χ1n) is 7.05. The van der Waals surface area contributed by atoms with Crippen molar-refractivity contribution in [3.63, 3.8) is 0 Å². The highest BCUT2D eigenvalue weighted by atomic mass is 32.1. The van der Waals surface area contributed by atoms with Gasteiger partial charge in [-0.15, -0.1) is 0 Å². The largest absolute Gasteiger partial charge is 0.298 e. The minimum Gasteiger partial charge on any atom is -0.298 e. The minimum absolute atomic E-state index is 0.0219. The van der Waals surface area contributed by atoms with Gasteiger partial charge >= 0.3 is 0 Å². The third-order valence-electron chi connectivity index (χ3n) is 3.65. The summed E-state index contributed by atoms with van der Waals surface area (Å²) in [7, 11) is 0. The molecule has 1 amide bonds. The Bertz CT molecular complexity index is 794. The van der Waals surface area contributed by atoms with Crippen molar-refractivity contribution < 1.29 is 18.4 Å². The lowest BCUT2D eigenvalue weighted by molar-refractivity contribution is 0.0915. The number of benzene rings is 1. The summed E-state index contributed by atoms with van der Waals surface area (Å²) >= 11 is 1.04. The Kier molecular flexibility index (Phi) is 3.75. The van der Waals surface area contributed by atoms with Gasteiger partial charge in [0.15, 0.2) is 10.9 Å². The van der Waals surface area contributed by atoms with Crippen LogP contribution in [0.25, 0.3) is 0 Å². The van der Waals surface area contributed by atoms with E-state index in [9.17, 15) is 18.4 Å². The molecule has 2 aromatic rings. The lowest BCUT2D eigenvalue weighted by Gasteiger charge is -2.26. The molecule has 3 rings (SSSR count). The second-order valence-electron chi connectivity index (χ2n) is 6.29. The SMILES string of the molecule is CC1(C)CC(=O)c2sc(NC(=O)c3c(F)cccc3F)nc2C1. The Balaban J connectivity index is 1.88. The molecule has 7 heteroatoms. The molecule has 1 heterocycles. The van der Waals surface area contributed by atoms with Gasteiger partial charge < -0.3 is 0 Å². The molecule has 0 saturated heterocycles. The van der Waals surface area contributed by atoms with E-state index in [0.29, 0.717) is 23.4 Å². The first-order chi connectivity index (χ1) is 10.8. The summed E-state index contributed by atoms with van der Waals surface area (Å²) in [6, 6.07) is 3.21. The van der Waals surface area contributed by atoms with Crippen LogP contribution in [0, 0.1) is 17.0 Å². The van der Waals surface area contributed by atoms with Crippen LogP contribution in [-0.2, 0) is 6.42 Å². The quantitative estimate of drug-likeness (QED) is 0.907. The van der Waals surface area contributed by atoms with Gasteiger partial charge in [-0.25, -0.2) is 13.8 Å². The topological polar surface area (TPSA) is 59.1 Å². The van der Waals surface area contributed by atoms with E-state index >= 15 is 0 Å². The second kappa shape index (κ2) is 5.49. The molecule has 0 aliphatic heterocycles. The van der Waals surface area contributed by atoms with Crippen molar-refractivity contribution in [1.29, 1.82) is 0 Å². The van der Waals surface area contributed by atoms with Crippen LogP contribution < -0.4 is 5.32 Å². The summed E-state index contributed by atoms with van der Waals surface area (Å²) in [5.41, 5.74) is -0.218. The molecule has 120 valence electrons. The molecular formula is C16H14F2N2O2S. The lowest BCUT2D eigenvalue weighted by atomic mass is 9.78. The van der Waals surface area contributed by atoms with E-state index in [4.69, 9.17) is 0 Å². The van der Waals surface area contributed by atoms with Gasteiger partial charge in [0.1, 0.15) is 17.2 Å². The Morgan fingerprint density at radius 2 is 1.91 bits per heavy atom. The second-order valence-corrected chi connectivity index (χ2v) is 7.29. The molecule has 0 spiro atoms. The van der Waals surface area contributed by atoms with Crippen LogP contribution in [-0.4, -0.2) is 16.7 Å². The maximum absolute atomic E-state index is 13.6. The predicted octanol–water partition coefficient (Wildman–Crippen LogP) is 3.83. The number of ketones is 1. The molecule has 0 unspecified atom stereocenters. The Labute approximate surface area is 135 Å². The molecule has 1 aromatic carbocycles. The van der Waals surface area contributed by atoms with E-state index in [1.54, 1.807) is 0 Å². The third kappa shape index (κ3) is 3.01. The first kappa shape index (κ1) is 15.7. The number of halogens is 2. The number of rotatable bonds is 2. The van der Waals surface area contributed by atoms with Crippen LogP contribution in [0.15, 0.2) is 18.2 Å². The summed E-state index contributed by atoms with van der Waals surface area (Å²) in [5, 5.41) is 2.56. The molecule has 0 atom stereocenters. The molecule has 1 aliphatic rings. The number of anilines is 1. The van der Waals surface area contributed by atoms with Gasteiger partial charge in [-0.3, -0.25) is 14.9 Å². The zero-order chi connectivity index (χ0) is 16.8. The van der Waals surface area contributed by atoms with Crippen molar-refractivity contribution in [2.24, 2.45) is 5.41 Å². The monoisotopic (exact) mass is 336 g/mol. The summed E-state index contributed by atoms with van der Waals surface area (Å²) in [4.78, 5) is 28.9. The highest BCUT2D eigenvalue weighted by Crippen LogP contribution is 2.38. The van der Waals surface area contributed by atoms with E-state index in [1.165, 1.54) is 6.07 Å². The zero-order valence-corrected chi connectivity index (χ0v) is 13.4. The molecule has 0 saturated carbocycles. The summed E-state index contributed by atoms with van der Waals surface area (Å²) in [6.45, 7) is 3.94. The molecule has 23 heavy (non-hydrogen) atoms. The van der Waals surface area contributed by atoms with Crippen molar-refractivity contribution in [3.8, 4) is 0 Å². The highest BCUT2D eigenvalue weighted by molar-refractivity contribution is 7.17. The van der Waals surface area contributed by atoms with Crippen molar-refractivity contribution >= 4 is 28.2 Å². The average Bonchev–Trinajstić information content (AvgIpc) is 2.79. The van der Waals surface area contributed by atoms with Crippen molar-refractivity contribution in [3.05, 3.63) is 46.0 Å². The van der Waals surface area contributed by atoms with Gasteiger partial charge in [-0.1, -0.05) is 31.3 Å². The number of nitrogens with zero attached hydrogens (tertiary/aromatic N) is 1. The molecule has 4 nitrogen and oxygen atoms in total. The number of thiazole rings is 1. The molecule has 1 N–H and O–H groups in total. The fourth-order valence-corrected chi connectivity index (χ4v) is 3.56. The van der Waals surface area contributed by atoms with Crippen LogP contribution in [0.5, 0.6) is 0 Å². The number of aromatic nitrogens is 1. The molecular weight excluding hydrogens is 322 g/mol. The van der Waals surface area contributed by atoms with E-state index in [0.717, 1.165) is 23.5 Å². The number of nitrogens with one attached hydrogen (secondary N) is 1. The molecule has 0 radical (unpaired) electrons. The number of carbonyl (C=O) groups is 2. The van der Waals surface area contributed by atoms with Gasteiger partial charge in [-0.05, 0) is 24.0 Å². The summed E-state index contributed by atoms with van der Waals surface area (Å²) in [6.07, 6.45) is 1.03. The van der Waals surface area contributed by atoms with E-state index in [-0.39, 0.29) is 16.3 Å². The van der Waals surface area contributed by atoms with Crippen molar-refractivity contribution in [2.75, 3.05) is 5.32 Å². The lowest BCUT2D eigenvalue weighted by Crippen LogP contribution is -2.26. The number of carbonyl (C=O) groups excluding carboxylic acids is 2. The third-order valence-corrected chi connectivity index (χ3v) is 4.70. The number of hydrogen-bond donors (Lipinski definition) is 1. The summed E-state index contributed by atoms with van der Waals surface area (Å²) in [5.74, 6) is -2.83. The standard InChI is InChI=1S/C16H14F2N2O2S/c1-16(2)6-10-13(11(21)7-16)23-15(19-10)20-14(22)12-8(17)4-3-5-9(12)18/h3-5H,6-7H2,1-2H3,(H,19,20,22). The van der Waals surface area contributed by atoms with Gasteiger partial charge in [0.05, 0.1) is 10.6 Å². The average molecular weight is 336 g/mol. The van der Waals surface area contributed by atoms with Gasteiger partial charge in [0.2, 0.25) is 0 Å². The molecule has 1 aromatic heterocycles. The predicted molar refractivity (Wildman–Crippen MR) is 82.9 cm³/mol. The molecule has 1 aliphatic carbocycles. The minimum atomic E-state index is -0.943. The number of Topliss-reactive ketones (excluding diaryl/α,β-unsaturated/α-hetero) is 1. The zero-order valence-electron chi connectivity index (χ0n) is 12.6. The number of fused-ring (bicyclic) bond motifs is 1. The van der Waals surface area contributed by atoms with E-state index in [2.05, 4.69) is 10.3 Å². The van der Waals surface area contributed by atoms with E-state index in [1.807, 2.05) is 13.8 Å². The highest BCUT2D eigenvalue weighted by Gasteiger charge is 2.34. The molecule has 0 bridgehead atoms. The van der Waals surface area contributed by atoms with Crippen LogP contribution in [0.1, 0.15) is 46.0 Å². The Morgan fingerprint density at radius 3 is 2.57 bits per heavy atom. The van der Waals surface area contributed by atoms with E-state index < -0.39 is 23.1 Å². The summed E-state index contributed by atoms with van der Waals surface area (Å²) < 4.78 is 27.2. The normalized spacial score (nSPS) is 16.1. The molecule has 0 fully saturated rings. The Hall–Kier alpha value is -2.15. The number of amides is 1. The fourth-order valence-electron chi connectivity index (χ4n) is 2.65. The smallest absolute Gasteiger partial charge is 0.263 e. The van der Waals surface area contributed by atoms with Crippen molar-refractivity contribution in [2.45, 2.75) is 26.7 Å². The van der Waals surface area contributed by atoms with Crippen LogP contribution in [0.2, 0.25) is 0 Å². The van der Waals surface area contributed by atoms with Gasteiger partial charge in [-0.2, -0.15) is 0 Å². The number of hydrogen-bond acceptors (Lipinski definition) is 4. The van der Waals surface area contributed by atoms with Gasteiger partial charge in [0.25, 0.3) is 5.91 Å². The first-order valence-corrected chi connectivity index (χ1v) is 7.87. The maximum Gasteiger partial charge on any atom is 0.263 e. The Morgan fingerprint density at radius 1 is 1.26 bits per heavy atom. The van der Waals surface area contributed by atoms with Crippen LogP contribution >= 0.6 is 11.3 Å².